The summed E-state index contributed by atoms with van der Waals surface area (Å²) >= 11 is 0. The predicted octanol–water partition coefficient (Wildman–Crippen LogP) is 2.05. The Morgan fingerprint density at radius 2 is 1.84 bits per heavy atom. The normalized spacial score (nSPS) is 16.9. The molecular weight excluding hydrogens is 246 g/mol. The van der Waals surface area contributed by atoms with E-state index < -0.39 is 11.5 Å². The van der Waals surface area contributed by atoms with E-state index in [2.05, 4.69) is 5.32 Å². The molecule has 0 aliphatic rings. The molecule has 114 valence electrons. The standard InChI is InChI=1S/C14H29NO4/c1-7-15-14(6,12(16)17)10-11(2)18-8-9-19-13(3,4)5/h11,15H,7-10H2,1-6H3,(H,16,17). The lowest BCUT2D eigenvalue weighted by Crippen LogP contribution is -2.51. The fourth-order valence-corrected chi connectivity index (χ4v) is 1.86. The van der Waals surface area contributed by atoms with Gasteiger partial charge < -0.3 is 19.9 Å². The summed E-state index contributed by atoms with van der Waals surface area (Å²) in [6.07, 6.45) is 0.287. The molecule has 0 aromatic rings. The van der Waals surface area contributed by atoms with Gasteiger partial charge in [-0.1, -0.05) is 6.92 Å². The van der Waals surface area contributed by atoms with Gasteiger partial charge in [0, 0.05) is 6.42 Å². The zero-order valence-corrected chi connectivity index (χ0v) is 13.1. The Bertz CT molecular complexity index is 275. The summed E-state index contributed by atoms with van der Waals surface area (Å²) < 4.78 is 11.1. The van der Waals surface area contributed by atoms with Gasteiger partial charge in [0.2, 0.25) is 0 Å². The molecule has 0 saturated carbocycles. The third-order valence-electron chi connectivity index (χ3n) is 2.76. The summed E-state index contributed by atoms with van der Waals surface area (Å²) in [5.74, 6) is -0.851. The van der Waals surface area contributed by atoms with Crippen molar-refractivity contribution in [1.82, 2.24) is 5.32 Å². The van der Waals surface area contributed by atoms with Gasteiger partial charge in [-0.3, -0.25) is 4.79 Å². The highest BCUT2D eigenvalue weighted by Gasteiger charge is 2.33. The Hall–Kier alpha value is -0.650. The molecule has 19 heavy (non-hydrogen) atoms. The summed E-state index contributed by atoms with van der Waals surface area (Å²) in [6, 6.07) is 0. The van der Waals surface area contributed by atoms with Gasteiger partial charge in [-0.25, -0.2) is 0 Å². The van der Waals surface area contributed by atoms with E-state index in [0.29, 0.717) is 26.2 Å². The van der Waals surface area contributed by atoms with Crippen LogP contribution >= 0.6 is 0 Å². The molecule has 0 aromatic carbocycles. The first-order valence-electron chi connectivity index (χ1n) is 6.84. The van der Waals surface area contributed by atoms with Gasteiger partial charge in [0.15, 0.2) is 0 Å². The van der Waals surface area contributed by atoms with Gasteiger partial charge in [-0.15, -0.1) is 0 Å². The average molecular weight is 275 g/mol. The number of likely N-dealkylation sites (N-methyl/N-ethyl adjacent to an activating group) is 1. The molecule has 0 radical (unpaired) electrons. The summed E-state index contributed by atoms with van der Waals surface area (Å²) in [7, 11) is 0. The minimum absolute atomic E-state index is 0.135. The SMILES string of the molecule is CCNC(C)(CC(C)OCCOC(C)(C)C)C(=O)O. The van der Waals surface area contributed by atoms with Crippen LogP contribution in [-0.2, 0) is 14.3 Å². The van der Waals surface area contributed by atoms with Crippen LogP contribution in [0.2, 0.25) is 0 Å². The van der Waals surface area contributed by atoms with Crippen LogP contribution in [0.3, 0.4) is 0 Å². The molecule has 0 saturated heterocycles. The van der Waals surface area contributed by atoms with Crippen molar-refractivity contribution in [3.05, 3.63) is 0 Å². The van der Waals surface area contributed by atoms with E-state index >= 15 is 0 Å². The molecule has 0 bridgehead atoms. The topological polar surface area (TPSA) is 67.8 Å². The quantitative estimate of drug-likeness (QED) is 0.630. The van der Waals surface area contributed by atoms with E-state index in [1.807, 2.05) is 34.6 Å². The first-order valence-corrected chi connectivity index (χ1v) is 6.84. The van der Waals surface area contributed by atoms with E-state index in [4.69, 9.17) is 9.47 Å². The Morgan fingerprint density at radius 1 is 1.26 bits per heavy atom. The number of hydrogen-bond acceptors (Lipinski definition) is 4. The molecule has 5 nitrogen and oxygen atoms in total. The minimum atomic E-state index is -0.945. The zero-order valence-electron chi connectivity index (χ0n) is 13.1. The van der Waals surface area contributed by atoms with E-state index in [9.17, 15) is 9.90 Å². The lowest BCUT2D eigenvalue weighted by molar-refractivity contribution is -0.146. The van der Waals surface area contributed by atoms with Crippen molar-refractivity contribution in [1.29, 1.82) is 0 Å². The second kappa shape index (κ2) is 7.82. The number of carboxylic acid groups (broad SMARTS) is 1. The van der Waals surface area contributed by atoms with E-state index in [-0.39, 0.29) is 11.7 Å². The van der Waals surface area contributed by atoms with E-state index in [1.54, 1.807) is 6.92 Å². The molecule has 0 aromatic heterocycles. The molecular formula is C14H29NO4. The number of carboxylic acids is 1. The van der Waals surface area contributed by atoms with Crippen LogP contribution in [0.15, 0.2) is 0 Å². The van der Waals surface area contributed by atoms with Gasteiger partial charge in [0.05, 0.1) is 24.9 Å². The molecule has 0 heterocycles. The van der Waals surface area contributed by atoms with Crippen LogP contribution in [0.25, 0.3) is 0 Å². The van der Waals surface area contributed by atoms with Crippen LogP contribution in [-0.4, -0.2) is 48.1 Å². The van der Waals surface area contributed by atoms with Gasteiger partial charge >= 0.3 is 5.97 Å². The van der Waals surface area contributed by atoms with E-state index in [1.165, 1.54) is 0 Å². The Morgan fingerprint density at radius 3 is 2.26 bits per heavy atom. The van der Waals surface area contributed by atoms with Crippen molar-refractivity contribution in [2.75, 3.05) is 19.8 Å². The first-order chi connectivity index (χ1) is 8.60. The molecule has 2 N–H and O–H groups in total. The van der Waals surface area contributed by atoms with Crippen molar-refractivity contribution >= 4 is 5.97 Å². The fourth-order valence-electron chi connectivity index (χ4n) is 1.86. The maximum absolute atomic E-state index is 11.3. The first kappa shape index (κ1) is 18.4. The third kappa shape index (κ3) is 8.18. The lowest BCUT2D eigenvalue weighted by Gasteiger charge is -2.29. The largest absolute Gasteiger partial charge is 0.480 e. The second-order valence-corrected chi connectivity index (χ2v) is 6.01. The highest BCUT2D eigenvalue weighted by Crippen LogP contribution is 2.15. The minimum Gasteiger partial charge on any atom is -0.480 e. The molecule has 5 heteroatoms. The van der Waals surface area contributed by atoms with Crippen molar-refractivity contribution in [2.45, 2.75) is 65.2 Å². The van der Waals surface area contributed by atoms with Crippen LogP contribution in [0.1, 0.15) is 48.0 Å². The monoisotopic (exact) mass is 275 g/mol. The van der Waals surface area contributed by atoms with Crippen molar-refractivity contribution in [3.63, 3.8) is 0 Å². The molecule has 0 rings (SSSR count). The Kier molecular flexibility index (Phi) is 7.55. The molecule has 0 aliphatic heterocycles. The summed E-state index contributed by atoms with van der Waals surface area (Å²) in [6.45, 7) is 13.0. The van der Waals surface area contributed by atoms with Gasteiger partial charge in [0.25, 0.3) is 0 Å². The molecule has 0 aliphatic carbocycles. The Balaban J connectivity index is 4.08. The fraction of sp³-hybridized carbons (Fsp3) is 0.929. The van der Waals surface area contributed by atoms with Gasteiger partial charge in [-0.05, 0) is 41.2 Å². The molecule has 2 unspecified atom stereocenters. The number of aliphatic carboxylic acids is 1. The average Bonchev–Trinajstić information content (AvgIpc) is 2.23. The van der Waals surface area contributed by atoms with Crippen LogP contribution in [0, 0.1) is 0 Å². The maximum Gasteiger partial charge on any atom is 0.323 e. The number of carbonyl (C=O) groups is 1. The van der Waals surface area contributed by atoms with E-state index in [0.717, 1.165) is 0 Å². The number of ether oxygens (including phenoxy) is 2. The molecule has 0 fully saturated rings. The van der Waals surface area contributed by atoms with Crippen molar-refractivity contribution in [3.8, 4) is 0 Å². The highest BCUT2D eigenvalue weighted by molar-refractivity contribution is 5.78. The van der Waals surface area contributed by atoms with Crippen molar-refractivity contribution < 1.29 is 19.4 Å². The number of hydrogen-bond donors (Lipinski definition) is 2. The lowest BCUT2D eigenvalue weighted by atomic mass is 9.95. The highest BCUT2D eigenvalue weighted by atomic mass is 16.5. The summed E-state index contributed by atoms with van der Waals surface area (Å²) in [5, 5.41) is 12.2. The van der Waals surface area contributed by atoms with Crippen molar-refractivity contribution in [2.24, 2.45) is 0 Å². The van der Waals surface area contributed by atoms with Gasteiger partial charge in [-0.2, -0.15) is 0 Å². The zero-order chi connectivity index (χ0) is 15.1. The molecule has 0 spiro atoms. The predicted molar refractivity (Wildman–Crippen MR) is 75.5 cm³/mol. The second-order valence-electron chi connectivity index (χ2n) is 6.01. The van der Waals surface area contributed by atoms with Crippen LogP contribution < -0.4 is 5.32 Å². The third-order valence-corrected chi connectivity index (χ3v) is 2.76. The summed E-state index contributed by atoms with van der Waals surface area (Å²) in [4.78, 5) is 11.3. The Labute approximate surface area is 116 Å². The number of nitrogens with one attached hydrogen (secondary N) is 1. The maximum atomic E-state index is 11.3. The smallest absolute Gasteiger partial charge is 0.323 e. The van der Waals surface area contributed by atoms with Gasteiger partial charge in [0.1, 0.15) is 5.54 Å². The van der Waals surface area contributed by atoms with Crippen LogP contribution in [0.4, 0.5) is 0 Å². The summed E-state index contributed by atoms with van der Waals surface area (Å²) in [5.41, 5.74) is -1.12. The van der Waals surface area contributed by atoms with Crippen LogP contribution in [0.5, 0.6) is 0 Å². The number of rotatable bonds is 9. The molecule has 0 amide bonds. The molecule has 2 atom stereocenters.